The van der Waals surface area contributed by atoms with Gasteiger partial charge in [-0.2, -0.15) is 0 Å². The molecule has 2 aliphatic rings. The Bertz CT molecular complexity index is 2770. The number of aliphatic hydroxyl groups is 1. The number of terminal acetylenes is 1. The highest BCUT2D eigenvalue weighted by atomic mass is 16.8. The zero-order valence-corrected chi connectivity index (χ0v) is 40.5. The van der Waals surface area contributed by atoms with Crippen LogP contribution in [0.2, 0.25) is 0 Å². The quantitative estimate of drug-likeness (QED) is 0.0166. The molecule has 17 heteroatoms. The van der Waals surface area contributed by atoms with Crippen LogP contribution in [0.4, 0.5) is 0 Å². The molecule has 8 rings (SSSR count). The van der Waals surface area contributed by atoms with Gasteiger partial charge in [-0.25, -0.2) is 14.4 Å². The molecular weight excluding hydrogens is 967 g/mol. The van der Waals surface area contributed by atoms with Crippen LogP contribution in [-0.2, 0) is 67.2 Å². The first-order valence-corrected chi connectivity index (χ1v) is 24.2. The molecule has 75 heavy (non-hydrogen) atoms. The van der Waals surface area contributed by atoms with E-state index in [1.54, 1.807) is 54.6 Å². The summed E-state index contributed by atoms with van der Waals surface area (Å²) >= 11 is 0. The molecule has 11 atom stereocenters. The standard InChI is InChI=1S/C58H55NO16/c1-2-33-67-58-52(73-55(62)44-31-19-8-20-32-44)50(72-54(61)43-29-17-7-18-30-43)49(71-53(60)42-27-15-6-16-28-42)51(74-58)56(63)75-57-45(34-59(64)65)47(68-36-40-23-11-4-12-24-40)48(69-37-41-25-13-5-14-26-41)46(70-57)38-66-35-39-21-9-3-10-22-39/h1,3-32,45-52,56-58,63H,33-38H2/t45-,46-,47-,48+,49+,50+,51+,52-,56?,57-,58+/m1/s1. The van der Waals surface area contributed by atoms with E-state index in [0.717, 1.165) is 16.7 Å². The van der Waals surface area contributed by atoms with Gasteiger partial charge >= 0.3 is 17.9 Å². The Hall–Kier alpha value is -7.63. The van der Waals surface area contributed by atoms with Gasteiger partial charge in [0.25, 0.3) is 0 Å². The number of ether oxygens (including phenoxy) is 10. The monoisotopic (exact) mass is 1020 g/mol. The molecule has 2 heterocycles. The molecule has 6 aromatic rings. The van der Waals surface area contributed by atoms with Gasteiger partial charge in [-0.3, -0.25) is 10.1 Å². The van der Waals surface area contributed by atoms with E-state index in [9.17, 15) is 29.6 Å². The molecule has 2 aliphatic heterocycles. The van der Waals surface area contributed by atoms with Gasteiger partial charge in [0.05, 0.1) is 43.1 Å². The van der Waals surface area contributed by atoms with Gasteiger partial charge in [0.1, 0.15) is 30.8 Å². The molecule has 0 saturated carbocycles. The van der Waals surface area contributed by atoms with Crippen molar-refractivity contribution >= 4 is 17.9 Å². The van der Waals surface area contributed by atoms with E-state index in [1.165, 1.54) is 36.4 Å². The molecule has 2 fully saturated rings. The summed E-state index contributed by atoms with van der Waals surface area (Å²) in [6, 6.07) is 51.3. The van der Waals surface area contributed by atoms with Crippen molar-refractivity contribution in [2.45, 2.75) is 81.4 Å². The van der Waals surface area contributed by atoms with Crippen LogP contribution in [0.5, 0.6) is 0 Å². The summed E-state index contributed by atoms with van der Waals surface area (Å²) in [5, 5.41) is 25.3. The summed E-state index contributed by atoms with van der Waals surface area (Å²) in [7, 11) is 0. The minimum atomic E-state index is -2.26. The molecule has 0 amide bonds. The molecule has 1 N–H and O–H groups in total. The Morgan fingerprint density at radius 3 is 1.44 bits per heavy atom. The fourth-order valence-electron chi connectivity index (χ4n) is 8.65. The highest BCUT2D eigenvalue weighted by Gasteiger charge is 2.57. The van der Waals surface area contributed by atoms with Crippen LogP contribution in [0.25, 0.3) is 0 Å². The van der Waals surface area contributed by atoms with E-state index in [-0.39, 0.29) is 43.1 Å². The summed E-state index contributed by atoms with van der Waals surface area (Å²) in [5.74, 6) is -1.82. The van der Waals surface area contributed by atoms with E-state index in [4.69, 9.17) is 53.8 Å². The zero-order chi connectivity index (χ0) is 52.4. The Morgan fingerprint density at radius 1 is 0.547 bits per heavy atom. The predicted molar refractivity (Wildman–Crippen MR) is 268 cm³/mol. The molecule has 1 unspecified atom stereocenters. The van der Waals surface area contributed by atoms with Crippen molar-refractivity contribution in [3.8, 4) is 12.3 Å². The Morgan fingerprint density at radius 2 is 0.973 bits per heavy atom. The first kappa shape index (κ1) is 53.7. The van der Waals surface area contributed by atoms with E-state index in [1.807, 2.05) is 91.0 Å². The number of carbonyl (C=O) groups excluding carboxylic acids is 3. The third-order valence-electron chi connectivity index (χ3n) is 12.3. The Labute approximate surface area is 433 Å². The molecule has 0 radical (unpaired) electrons. The van der Waals surface area contributed by atoms with Crippen LogP contribution in [-0.4, -0.2) is 109 Å². The van der Waals surface area contributed by atoms with Crippen molar-refractivity contribution in [3.05, 3.63) is 225 Å². The second-order valence-electron chi connectivity index (χ2n) is 17.5. The molecule has 0 aromatic heterocycles. The highest BCUT2D eigenvalue weighted by Crippen LogP contribution is 2.37. The van der Waals surface area contributed by atoms with Crippen molar-refractivity contribution in [1.29, 1.82) is 0 Å². The minimum absolute atomic E-state index is 0.0211. The highest BCUT2D eigenvalue weighted by molar-refractivity contribution is 5.91. The SMILES string of the molecule is C#CCO[C@H]1O[C@H](C(O)O[C@H]2O[C@H](COCc3ccccc3)[C@H](OCc3ccccc3)[C@H](OCc3ccccc3)[C@H]2C[N+](=O)[O-])[C@@H](OC(=O)c2ccccc2)[C@H](OC(=O)c2ccccc2)[C@H]1OC(=O)c1ccccc1. The first-order chi connectivity index (χ1) is 36.6. The summed E-state index contributed by atoms with van der Waals surface area (Å²) in [4.78, 5) is 54.4. The number of hydrogen-bond donors (Lipinski definition) is 1. The lowest BCUT2D eigenvalue weighted by Gasteiger charge is -2.48. The zero-order valence-electron chi connectivity index (χ0n) is 40.5. The molecule has 2 saturated heterocycles. The van der Waals surface area contributed by atoms with Crippen LogP contribution in [0.3, 0.4) is 0 Å². The van der Waals surface area contributed by atoms with Crippen molar-refractivity contribution in [2.75, 3.05) is 19.8 Å². The molecule has 6 aromatic carbocycles. The number of benzene rings is 6. The van der Waals surface area contributed by atoms with Crippen LogP contribution in [0.1, 0.15) is 47.8 Å². The number of esters is 3. The number of aliphatic hydroxyl groups excluding tert-OH is 1. The predicted octanol–water partition coefficient (Wildman–Crippen LogP) is 7.38. The average molecular weight is 1020 g/mol. The fourth-order valence-corrected chi connectivity index (χ4v) is 8.65. The molecule has 0 aliphatic carbocycles. The summed E-state index contributed by atoms with van der Waals surface area (Å²) in [6.45, 7) is -1.24. The van der Waals surface area contributed by atoms with Crippen molar-refractivity contribution in [1.82, 2.24) is 0 Å². The van der Waals surface area contributed by atoms with Crippen molar-refractivity contribution in [2.24, 2.45) is 5.92 Å². The lowest BCUT2D eigenvalue weighted by Crippen LogP contribution is -2.66. The molecule has 0 bridgehead atoms. The van der Waals surface area contributed by atoms with Gasteiger partial charge in [-0.15, -0.1) is 6.42 Å². The second-order valence-corrected chi connectivity index (χ2v) is 17.5. The van der Waals surface area contributed by atoms with Gasteiger partial charge in [-0.1, -0.05) is 152 Å². The molecule has 388 valence electrons. The summed E-state index contributed by atoms with van der Waals surface area (Å²) in [5.41, 5.74) is 2.59. The van der Waals surface area contributed by atoms with Gasteiger partial charge in [0.2, 0.25) is 6.54 Å². The number of nitrogens with zero attached hydrogens (tertiary/aromatic N) is 1. The number of rotatable bonds is 23. The van der Waals surface area contributed by atoms with E-state index in [2.05, 4.69) is 5.92 Å². The van der Waals surface area contributed by atoms with Crippen molar-refractivity contribution < 1.29 is 71.8 Å². The molecule has 17 nitrogen and oxygen atoms in total. The van der Waals surface area contributed by atoms with Gasteiger partial charge < -0.3 is 52.5 Å². The maximum Gasteiger partial charge on any atom is 0.338 e. The minimum Gasteiger partial charge on any atom is -0.452 e. The van der Waals surface area contributed by atoms with Gasteiger partial charge in [-0.05, 0) is 53.1 Å². The lowest BCUT2D eigenvalue weighted by atomic mass is 9.90. The number of hydrogen-bond acceptors (Lipinski definition) is 16. The maximum absolute atomic E-state index is 14.2. The van der Waals surface area contributed by atoms with Gasteiger partial charge in [0.15, 0.2) is 43.3 Å². The molecule has 0 spiro atoms. The topological polar surface area (TPSA) is 207 Å². The third-order valence-corrected chi connectivity index (χ3v) is 12.3. The van der Waals surface area contributed by atoms with Crippen molar-refractivity contribution in [3.63, 3.8) is 0 Å². The fraction of sp³-hybridized carbons (Fsp3) is 0.293. The van der Waals surface area contributed by atoms with E-state index >= 15 is 0 Å². The average Bonchev–Trinajstić information content (AvgIpc) is 3.45. The van der Waals surface area contributed by atoms with Crippen LogP contribution >= 0.6 is 0 Å². The Balaban J connectivity index is 1.19. The smallest absolute Gasteiger partial charge is 0.338 e. The van der Waals surface area contributed by atoms with Crippen LogP contribution in [0.15, 0.2) is 182 Å². The first-order valence-electron chi connectivity index (χ1n) is 24.2. The number of carbonyl (C=O) groups is 3. The lowest BCUT2D eigenvalue weighted by molar-refractivity contribution is -0.505. The maximum atomic E-state index is 14.2. The van der Waals surface area contributed by atoms with Gasteiger partial charge in [0, 0.05) is 4.92 Å². The second kappa shape index (κ2) is 27.1. The normalized spacial score (nSPS) is 23.7. The van der Waals surface area contributed by atoms with Crippen LogP contribution < -0.4 is 0 Å². The molecular formula is C58H55NO16. The summed E-state index contributed by atoms with van der Waals surface area (Å²) in [6.07, 6.45) is -10.6. The summed E-state index contributed by atoms with van der Waals surface area (Å²) < 4.78 is 63.2. The van der Waals surface area contributed by atoms with Crippen LogP contribution in [0, 0.1) is 28.4 Å². The van der Waals surface area contributed by atoms with E-state index in [0.29, 0.717) is 0 Å². The number of nitro groups is 1. The Kier molecular flexibility index (Phi) is 19.4. The van der Waals surface area contributed by atoms with E-state index < -0.39 is 103 Å². The third kappa shape index (κ3) is 14.8. The largest absolute Gasteiger partial charge is 0.452 e.